The van der Waals surface area contributed by atoms with Gasteiger partial charge in [0.25, 0.3) is 0 Å². The fourth-order valence-corrected chi connectivity index (χ4v) is 4.92. The van der Waals surface area contributed by atoms with Crippen LogP contribution in [-0.2, 0) is 6.54 Å². The Kier molecular flexibility index (Phi) is 4.80. The minimum atomic E-state index is 0.844. The third kappa shape index (κ3) is 3.20. The number of rotatable bonds is 5. The molecule has 0 aliphatic carbocycles. The molecular weight excluding hydrogens is 304 g/mol. The lowest BCUT2D eigenvalue weighted by atomic mass is 9.97. The van der Waals surface area contributed by atoms with E-state index in [9.17, 15) is 0 Å². The second-order valence-electron chi connectivity index (χ2n) is 7.95. The molecule has 1 fully saturated rings. The van der Waals surface area contributed by atoms with E-state index < -0.39 is 0 Å². The smallest absolute Gasteiger partial charge is 0.0848 e. The number of hydrogen-bond donors (Lipinski definition) is 1. The number of para-hydroxylation sites is 2. The van der Waals surface area contributed by atoms with Crippen LogP contribution in [-0.4, -0.2) is 23.2 Å². The summed E-state index contributed by atoms with van der Waals surface area (Å²) in [7, 11) is 0. The number of quaternary nitrogens is 1. The summed E-state index contributed by atoms with van der Waals surface area (Å²) in [5, 5.41) is 2.78. The number of aromatic nitrogens is 1. The number of piperidine rings is 1. The van der Waals surface area contributed by atoms with Crippen molar-refractivity contribution in [1.82, 2.24) is 4.57 Å². The van der Waals surface area contributed by atoms with Crippen LogP contribution in [0.25, 0.3) is 21.8 Å². The van der Waals surface area contributed by atoms with Crippen LogP contribution in [0.3, 0.4) is 0 Å². The van der Waals surface area contributed by atoms with Crippen molar-refractivity contribution in [2.24, 2.45) is 0 Å². The molecule has 0 amide bonds. The van der Waals surface area contributed by atoms with Gasteiger partial charge in [0.05, 0.1) is 18.6 Å². The fourth-order valence-electron chi connectivity index (χ4n) is 4.92. The first kappa shape index (κ1) is 16.7. The number of unbranched alkanes of at least 4 members (excludes halogenated alkanes) is 1. The van der Waals surface area contributed by atoms with Gasteiger partial charge in [0.15, 0.2) is 0 Å². The molecule has 2 heterocycles. The molecule has 1 aliphatic heterocycles. The van der Waals surface area contributed by atoms with Crippen molar-refractivity contribution in [2.75, 3.05) is 6.54 Å². The van der Waals surface area contributed by atoms with Crippen LogP contribution in [0, 0.1) is 0 Å². The van der Waals surface area contributed by atoms with Crippen LogP contribution in [0.15, 0.2) is 48.5 Å². The lowest BCUT2D eigenvalue weighted by Gasteiger charge is -2.35. The molecule has 2 nitrogen and oxygen atoms in total. The van der Waals surface area contributed by atoms with Gasteiger partial charge in [-0.25, -0.2) is 0 Å². The molecule has 2 atom stereocenters. The van der Waals surface area contributed by atoms with Gasteiger partial charge in [0, 0.05) is 28.4 Å². The summed E-state index contributed by atoms with van der Waals surface area (Å²) in [5.41, 5.74) is 2.77. The normalized spacial score (nSPS) is 22.0. The van der Waals surface area contributed by atoms with E-state index in [0.717, 1.165) is 18.6 Å². The van der Waals surface area contributed by atoms with Crippen molar-refractivity contribution in [2.45, 2.75) is 64.6 Å². The summed E-state index contributed by atoms with van der Waals surface area (Å²) < 4.78 is 2.53. The van der Waals surface area contributed by atoms with Gasteiger partial charge in [-0.3, -0.25) is 0 Å². The zero-order valence-electron chi connectivity index (χ0n) is 15.7. The molecule has 0 spiro atoms. The van der Waals surface area contributed by atoms with E-state index in [2.05, 4.69) is 66.9 Å². The molecule has 4 rings (SSSR count). The minimum Gasteiger partial charge on any atom is -0.340 e. The van der Waals surface area contributed by atoms with Gasteiger partial charge >= 0.3 is 0 Å². The number of nitrogens with zero attached hydrogens (tertiary/aromatic N) is 1. The monoisotopic (exact) mass is 335 g/mol. The molecule has 1 N–H and O–H groups in total. The Bertz CT molecular complexity index is 784. The SMILES string of the molecule is C[C@@H]1CCC[C@@H](C)[NH+]1CCCCn1c2ccccc2c2ccccc21. The summed E-state index contributed by atoms with van der Waals surface area (Å²) in [6.45, 7) is 7.35. The van der Waals surface area contributed by atoms with Gasteiger partial charge < -0.3 is 9.47 Å². The molecule has 0 unspecified atom stereocenters. The first-order valence-corrected chi connectivity index (χ1v) is 10.1. The van der Waals surface area contributed by atoms with Crippen molar-refractivity contribution in [1.29, 1.82) is 0 Å². The number of fused-ring (bicyclic) bond motifs is 3. The van der Waals surface area contributed by atoms with Crippen LogP contribution >= 0.6 is 0 Å². The quantitative estimate of drug-likeness (QED) is 0.661. The Hall–Kier alpha value is -1.80. The Morgan fingerprint density at radius 1 is 0.840 bits per heavy atom. The lowest BCUT2D eigenvalue weighted by Crippen LogP contribution is -3.19. The van der Waals surface area contributed by atoms with E-state index in [1.165, 1.54) is 60.5 Å². The van der Waals surface area contributed by atoms with Crippen LogP contribution < -0.4 is 4.90 Å². The van der Waals surface area contributed by atoms with Gasteiger partial charge in [-0.15, -0.1) is 0 Å². The fraction of sp³-hybridized carbons (Fsp3) is 0.478. The van der Waals surface area contributed by atoms with Gasteiger partial charge in [-0.1, -0.05) is 36.4 Å². The topological polar surface area (TPSA) is 9.37 Å². The van der Waals surface area contributed by atoms with Crippen LogP contribution in [0.2, 0.25) is 0 Å². The van der Waals surface area contributed by atoms with E-state index in [-0.39, 0.29) is 0 Å². The highest BCUT2D eigenvalue weighted by atomic mass is 15.2. The molecule has 3 aromatic rings. The van der Waals surface area contributed by atoms with Crippen LogP contribution in [0.1, 0.15) is 46.0 Å². The molecule has 1 saturated heterocycles. The molecule has 1 aliphatic rings. The maximum atomic E-state index is 2.53. The molecule has 2 heteroatoms. The molecular formula is C23H31N2+. The van der Waals surface area contributed by atoms with E-state index in [0.29, 0.717) is 0 Å². The predicted octanol–water partition coefficient (Wildman–Crippen LogP) is 4.42. The average molecular weight is 336 g/mol. The predicted molar refractivity (Wildman–Crippen MR) is 107 cm³/mol. The van der Waals surface area contributed by atoms with Crippen LogP contribution in [0.4, 0.5) is 0 Å². The third-order valence-electron chi connectivity index (χ3n) is 6.32. The molecule has 0 radical (unpaired) electrons. The Labute approximate surface area is 151 Å². The highest BCUT2D eigenvalue weighted by molar-refractivity contribution is 6.07. The largest absolute Gasteiger partial charge is 0.340 e. The highest BCUT2D eigenvalue weighted by Crippen LogP contribution is 2.28. The van der Waals surface area contributed by atoms with Crippen molar-refractivity contribution in [3.8, 4) is 0 Å². The first-order valence-electron chi connectivity index (χ1n) is 10.1. The molecule has 25 heavy (non-hydrogen) atoms. The third-order valence-corrected chi connectivity index (χ3v) is 6.32. The molecule has 2 aromatic carbocycles. The zero-order chi connectivity index (χ0) is 17.2. The first-order chi connectivity index (χ1) is 12.3. The second kappa shape index (κ2) is 7.21. The molecule has 1 aromatic heterocycles. The molecule has 0 saturated carbocycles. The highest BCUT2D eigenvalue weighted by Gasteiger charge is 2.27. The maximum Gasteiger partial charge on any atom is 0.0848 e. The van der Waals surface area contributed by atoms with Gasteiger partial charge in [0.2, 0.25) is 0 Å². The average Bonchev–Trinajstić information content (AvgIpc) is 2.95. The minimum absolute atomic E-state index is 0.844. The standard InChI is InChI=1S/C23H30N2/c1-18-10-9-11-19(2)24(18)16-7-8-17-25-22-14-5-3-12-20(22)21-13-4-6-15-23(21)25/h3-6,12-15,18-19H,7-11,16-17H2,1-2H3/p+1/t18-,19-/m1/s1. The Morgan fingerprint density at radius 3 is 2.00 bits per heavy atom. The lowest BCUT2D eigenvalue weighted by molar-refractivity contribution is -0.951. The number of likely N-dealkylation sites (tertiary alicyclic amines) is 1. The summed E-state index contributed by atoms with van der Waals surface area (Å²) in [4.78, 5) is 1.84. The van der Waals surface area contributed by atoms with E-state index in [1.807, 2.05) is 4.90 Å². The van der Waals surface area contributed by atoms with Crippen LogP contribution in [0.5, 0.6) is 0 Å². The number of aryl methyl sites for hydroxylation is 1. The molecule has 132 valence electrons. The number of nitrogens with one attached hydrogen (secondary N) is 1. The number of benzene rings is 2. The second-order valence-corrected chi connectivity index (χ2v) is 7.95. The maximum absolute atomic E-state index is 2.53. The van der Waals surface area contributed by atoms with Crippen molar-refractivity contribution < 1.29 is 4.90 Å². The summed E-state index contributed by atoms with van der Waals surface area (Å²) in [5.74, 6) is 0. The van der Waals surface area contributed by atoms with Crippen molar-refractivity contribution in [3.63, 3.8) is 0 Å². The van der Waals surface area contributed by atoms with E-state index in [4.69, 9.17) is 0 Å². The van der Waals surface area contributed by atoms with Gasteiger partial charge in [-0.05, 0) is 58.1 Å². The summed E-state index contributed by atoms with van der Waals surface area (Å²) in [6, 6.07) is 19.4. The van der Waals surface area contributed by atoms with E-state index >= 15 is 0 Å². The van der Waals surface area contributed by atoms with Crippen molar-refractivity contribution >= 4 is 21.8 Å². The van der Waals surface area contributed by atoms with Crippen molar-refractivity contribution in [3.05, 3.63) is 48.5 Å². The zero-order valence-corrected chi connectivity index (χ0v) is 15.7. The Balaban J connectivity index is 1.47. The molecule has 0 bridgehead atoms. The van der Waals surface area contributed by atoms with Gasteiger partial charge in [-0.2, -0.15) is 0 Å². The summed E-state index contributed by atoms with van der Waals surface area (Å²) >= 11 is 0. The summed E-state index contributed by atoms with van der Waals surface area (Å²) in [6.07, 6.45) is 6.84. The van der Waals surface area contributed by atoms with E-state index in [1.54, 1.807) is 0 Å². The van der Waals surface area contributed by atoms with Gasteiger partial charge in [0.1, 0.15) is 0 Å². The number of hydrogen-bond acceptors (Lipinski definition) is 0. The Morgan fingerprint density at radius 2 is 1.40 bits per heavy atom.